The van der Waals surface area contributed by atoms with Crippen LogP contribution in [0.4, 0.5) is 0 Å². The smallest absolute Gasteiger partial charge is 0.233 e. The van der Waals surface area contributed by atoms with E-state index in [1.165, 1.54) is 17.2 Å². The van der Waals surface area contributed by atoms with Crippen molar-refractivity contribution in [3.05, 3.63) is 76.7 Å². The Balaban J connectivity index is 1.76. The monoisotopic (exact) mass is 401 g/mol. The molecule has 27 heavy (non-hydrogen) atoms. The summed E-state index contributed by atoms with van der Waals surface area (Å²) in [5.74, 6) is 0.179. The lowest BCUT2D eigenvalue weighted by molar-refractivity contribution is -0.130. The average molecular weight is 402 g/mol. The number of benzene rings is 2. The first-order chi connectivity index (χ1) is 12.8. The van der Waals surface area contributed by atoms with E-state index in [4.69, 9.17) is 0 Å². The fourth-order valence-corrected chi connectivity index (χ4v) is 5.32. The van der Waals surface area contributed by atoms with E-state index in [0.29, 0.717) is 6.54 Å². The van der Waals surface area contributed by atoms with Crippen molar-refractivity contribution in [3.8, 4) is 0 Å². The summed E-state index contributed by atoms with van der Waals surface area (Å²) in [6, 6.07) is 15.4. The molecule has 0 saturated carbocycles. The Morgan fingerprint density at radius 3 is 2.56 bits per heavy atom. The van der Waals surface area contributed by atoms with Crippen molar-refractivity contribution in [2.45, 2.75) is 31.3 Å². The quantitative estimate of drug-likeness (QED) is 0.692. The molecule has 1 atom stereocenters. The van der Waals surface area contributed by atoms with Crippen LogP contribution in [0.15, 0.2) is 64.9 Å². The van der Waals surface area contributed by atoms with Gasteiger partial charge in [0.2, 0.25) is 5.91 Å². The molecule has 142 valence electrons. The molecule has 0 aromatic heterocycles. The van der Waals surface area contributed by atoms with Crippen LogP contribution in [0.1, 0.15) is 16.7 Å². The Kier molecular flexibility index (Phi) is 6.07. The van der Waals surface area contributed by atoms with Crippen LogP contribution in [0.3, 0.4) is 0 Å². The Morgan fingerprint density at radius 2 is 1.89 bits per heavy atom. The number of thioether (sulfide) groups is 1. The van der Waals surface area contributed by atoms with Gasteiger partial charge in [0.05, 0.1) is 17.5 Å². The summed E-state index contributed by atoms with van der Waals surface area (Å²) in [6.45, 7) is 4.46. The van der Waals surface area contributed by atoms with Crippen molar-refractivity contribution in [2.24, 2.45) is 0 Å². The van der Waals surface area contributed by atoms with Gasteiger partial charge in [-0.15, -0.1) is 11.8 Å². The zero-order chi connectivity index (χ0) is 19.4. The first kappa shape index (κ1) is 19.7. The summed E-state index contributed by atoms with van der Waals surface area (Å²) in [7, 11) is -3.23. The van der Waals surface area contributed by atoms with Crippen LogP contribution in [0.25, 0.3) is 0 Å². The van der Waals surface area contributed by atoms with Crippen molar-refractivity contribution < 1.29 is 13.2 Å². The Morgan fingerprint density at radius 1 is 1.15 bits per heavy atom. The lowest BCUT2D eigenvalue weighted by Gasteiger charge is -2.28. The van der Waals surface area contributed by atoms with Crippen LogP contribution in [0.5, 0.6) is 0 Å². The van der Waals surface area contributed by atoms with Crippen LogP contribution in [-0.2, 0) is 21.2 Å². The number of sulfone groups is 1. The molecular weight excluding hydrogens is 378 g/mol. The molecule has 2 aromatic carbocycles. The fraction of sp³-hybridized carbons (Fsp3) is 0.286. The lowest BCUT2D eigenvalue weighted by atomic mass is 10.2. The number of hydrogen-bond donors (Lipinski definition) is 0. The molecule has 0 bridgehead atoms. The maximum Gasteiger partial charge on any atom is 0.233 e. The third kappa shape index (κ3) is 5.23. The molecule has 0 radical (unpaired) electrons. The molecule has 1 aliphatic heterocycles. The van der Waals surface area contributed by atoms with E-state index in [1.807, 2.05) is 44.2 Å². The SMILES string of the molecule is Cc1ccc(C)c(SCC(=O)N(Cc2ccccc2)[C@H]2C=CS(=O)(=O)C2)c1. The van der Waals surface area contributed by atoms with Crippen molar-refractivity contribution in [1.82, 2.24) is 4.90 Å². The molecule has 2 aromatic rings. The second-order valence-electron chi connectivity index (χ2n) is 6.79. The fourth-order valence-electron chi connectivity index (χ4n) is 3.01. The van der Waals surface area contributed by atoms with E-state index >= 15 is 0 Å². The summed E-state index contributed by atoms with van der Waals surface area (Å²) < 4.78 is 23.7. The minimum Gasteiger partial charge on any atom is -0.330 e. The Hall–Kier alpha value is -2.05. The standard InChI is InChI=1S/C21H23NO3S2/c1-16-8-9-17(2)20(12-16)26-14-21(23)22(13-18-6-4-3-5-7-18)19-10-11-27(24,25)15-19/h3-12,19H,13-15H2,1-2H3/t19-/m0/s1. The van der Waals surface area contributed by atoms with E-state index in [-0.39, 0.29) is 17.4 Å². The van der Waals surface area contributed by atoms with Crippen LogP contribution < -0.4 is 0 Å². The Labute approximate surface area is 165 Å². The summed E-state index contributed by atoms with van der Waals surface area (Å²) in [4.78, 5) is 15.7. The number of hydrogen-bond acceptors (Lipinski definition) is 4. The maximum atomic E-state index is 13.0. The summed E-state index contributed by atoms with van der Waals surface area (Å²) >= 11 is 1.50. The maximum absolute atomic E-state index is 13.0. The minimum atomic E-state index is -3.23. The van der Waals surface area contributed by atoms with Gasteiger partial charge >= 0.3 is 0 Å². The van der Waals surface area contributed by atoms with Crippen molar-refractivity contribution >= 4 is 27.5 Å². The number of rotatable bonds is 6. The molecule has 6 heteroatoms. The zero-order valence-electron chi connectivity index (χ0n) is 15.5. The largest absolute Gasteiger partial charge is 0.330 e. The Bertz CT molecular complexity index is 953. The van der Waals surface area contributed by atoms with Crippen molar-refractivity contribution in [1.29, 1.82) is 0 Å². The highest BCUT2D eigenvalue weighted by atomic mass is 32.2. The highest BCUT2D eigenvalue weighted by molar-refractivity contribution is 8.00. The predicted octanol–water partition coefficient (Wildman–Crippen LogP) is 3.74. The van der Waals surface area contributed by atoms with Crippen LogP contribution in [0, 0.1) is 13.8 Å². The number of carbonyl (C=O) groups is 1. The number of amides is 1. The van der Waals surface area contributed by atoms with Gasteiger partial charge in [-0.05, 0) is 37.1 Å². The summed E-state index contributed by atoms with van der Waals surface area (Å²) in [5, 5.41) is 1.22. The van der Waals surface area contributed by atoms with E-state index in [9.17, 15) is 13.2 Å². The van der Waals surface area contributed by atoms with Gasteiger partial charge in [-0.25, -0.2) is 8.42 Å². The van der Waals surface area contributed by atoms with E-state index in [2.05, 4.69) is 18.2 Å². The van der Waals surface area contributed by atoms with Gasteiger partial charge in [0.1, 0.15) is 0 Å². The number of aryl methyl sites for hydroxylation is 2. The molecule has 1 heterocycles. The van der Waals surface area contributed by atoms with E-state index in [0.717, 1.165) is 21.6 Å². The topological polar surface area (TPSA) is 54.5 Å². The lowest BCUT2D eigenvalue weighted by Crippen LogP contribution is -2.41. The summed E-state index contributed by atoms with van der Waals surface area (Å²) in [6.07, 6.45) is 1.62. The second-order valence-corrected chi connectivity index (χ2v) is 9.74. The normalized spacial score (nSPS) is 17.8. The number of carbonyl (C=O) groups excluding carboxylic acids is 1. The van der Waals surface area contributed by atoms with Gasteiger partial charge in [-0.2, -0.15) is 0 Å². The van der Waals surface area contributed by atoms with E-state index < -0.39 is 15.9 Å². The molecule has 0 spiro atoms. The van der Waals surface area contributed by atoms with Gasteiger partial charge in [0.25, 0.3) is 0 Å². The van der Waals surface area contributed by atoms with Crippen LogP contribution in [0.2, 0.25) is 0 Å². The second kappa shape index (κ2) is 8.31. The minimum absolute atomic E-state index is 0.0420. The van der Waals surface area contributed by atoms with Gasteiger partial charge in [-0.3, -0.25) is 4.79 Å². The summed E-state index contributed by atoms with van der Waals surface area (Å²) in [5.41, 5.74) is 3.28. The first-order valence-corrected chi connectivity index (χ1v) is 11.5. The molecule has 4 nitrogen and oxygen atoms in total. The molecule has 0 fully saturated rings. The average Bonchev–Trinajstić information content (AvgIpc) is 3.00. The zero-order valence-corrected chi connectivity index (χ0v) is 17.1. The van der Waals surface area contributed by atoms with E-state index in [1.54, 1.807) is 11.0 Å². The predicted molar refractivity (Wildman–Crippen MR) is 110 cm³/mol. The van der Waals surface area contributed by atoms with Crippen molar-refractivity contribution in [2.75, 3.05) is 11.5 Å². The third-order valence-electron chi connectivity index (χ3n) is 4.52. The third-order valence-corrected chi connectivity index (χ3v) is 7.04. The van der Waals surface area contributed by atoms with Gasteiger partial charge in [0.15, 0.2) is 9.84 Å². The molecule has 1 aliphatic rings. The van der Waals surface area contributed by atoms with Crippen molar-refractivity contribution in [3.63, 3.8) is 0 Å². The molecule has 0 N–H and O–H groups in total. The number of nitrogens with zero attached hydrogens (tertiary/aromatic N) is 1. The molecule has 0 aliphatic carbocycles. The van der Waals surface area contributed by atoms with Crippen LogP contribution >= 0.6 is 11.8 Å². The van der Waals surface area contributed by atoms with Gasteiger partial charge < -0.3 is 4.90 Å². The molecular formula is C21H23NO3S2. The molecule has 3 rings (SSSR count). The molecule has 0 unspecified atom stereocenters. The van der Waals surface area contributed by atoms with Gasteiger partial charge in [0, 0.05) is 16.8 Å². The highest BCUT2D eigenvalue weighted by Crippen LogP contribution is 2.25. The van der Waals surface area contributed by atoms with Gasteiger partial charge in [-0.1, -0.05) is 48.0 Å². The molecule has 1 amide bonds. The van der Waals surface area contributed by atoms with Crippen LogP contribution in [-0.4, -0.2) is 36.8 Å². The highest BCUT2D eigenvalue weighted by Gasteiger charge is 2.30. The molecule has 0 saturated heterocycles. The first-order valence-electron chi connectivity index (χ1n) is 8.78.